The van der Waals surface area contributed by atoms with Crippen molar-refractivity contribution in [3.8, 4) is 0 Å². The zero-order valence-electron chi connectivity index (χ0n) is 12.3. The van der Waals surface area contributed by atoms with Crippen LogP contribution in [-0.4, -0.2) is 29.4 Å². The van der Waals surface area contributed by atoms with Crippen molar-refractivity contribution in [1.29, 1.82) is 0 Å². The molecule has 0 atom stereocenters. The van der Waals surface area contributed by atoms with Crippen LogP contribution in [-0.2, 0) is 17.5 Å². The van der Waals surface area contributed by atoms with Crippen molar-refractivity contribution >= 4 is 17.2 Å². The van der Waals surface area contributed by atoms with E-state index < -0.39 is 17.3 Å². The fourth-order valence-corrected chi connectivity index (χ4v) is 2.97. The lowest BCUT2D eigenvalue weighted by molar-refractivity contribution is -0.141. The van der Waals surface area contributed by atoms with Gasteiger partial charge in [0.05, 0.1) is 12.0 Å². The molecule has 2 N–H and O–H groups in total. The van der Waals surface area contributed by atoms with Gasteiger partial charge >= 0.3 is 6.18 Å². The van der Waals surface area contributed by atoms with Gasteiger partial charge in [-0.3, -0.25) is 4.79 Å². The van der Waals surface area contributed by atoms with E-state index in [1.54, 1.807) is 7.05 Å². The average molecular weight is 323 g/mol. The number of nitrogens with zero attached hydrogens (tertiary/aromatic N) is 2. The topological polar surface area (TPSA) is 59.2 Å². The van der Waals surface area contributed by atoms with E-state index in [-0.39, 0.29) is 24.0 Å². The van der Waals surface area contributed by atoms with Crippen LogP contribution in [0.15, 0.2) is 5.38 Å². The quantitative estimate of drug-likeness (QED) is 0.876. The zero-order chi connectivity index (χ0) is 16.3. The highest BCUT2D eigenvalue weighted by atomic mass is 32.1. The van der Waals surface area contributed by atoms with Crippen LogP contribution in [0, 0.1) is 5.41 Å². The van der Waals surface area contributed by atoms with Crippen LogP contribution < -0.4 is 5.73 Å². The lowest BCUT2D eigenvalue weighted by atomic mass is 9.81. The molecule has 1 amide bonds. The van der Waals surface area contributed by atoms with E-state index in [9.17, 15) is 18.0 Å². The van der Waals surface area contributed by atoms with Crippen LogP contribution in [0.4, 0.5) is 13.2 Å². The molecule has 120 valence electrons. The third-order valence-electron chi connectivity index (χ3n) is 3.76. The largest absolute Gasteiger partial charge is 0.434 e. The molecule has 21 heavy (non-hydrogen) atoms. The maximum Gasteiger partial charge on any atom is 0.434 e. The lowest BCUT2D eigenvalue weighted by Crippen LogP contribution is -2.45. The first-order valence-corrected chi connectivity index (χ1v) is 7.55. The van der Waals surface area contributed by atoms with Gasteiger partial charge < -0.3 is 10.6 Å². The Morgan fingerprint density at radius 2 is 1.95 bits per heavy atom. The summed E-state index contributed by atoms with van der Waals surface area (Å²) in [5.41, 5.74) is 4.14. The van der Waals surface area contributed by atoms with E-state index >= 15 is 0 Å². The summed E-state index contributed by atoms with van der Waals surface area (Å²) in [4.78, 5) is 17.4. The van der Waals surface area contributed by atoms with Crippen molar-refractivity contribution < 1.29 is 18.0 Å². The Morgan fingerprint density at radius 1 is 1.38 bits per heavy atom. The number of hydrogen-bond donors (Lipinski definition) is 1. The van der Waals surface area contributed by atoms with Gasteiger partial charge in [0.15, 0.2) is 5.69 Å². The van der Waals surface area contributed by atoms with Crippen LogP contribution in [0.1, 0.15) is 37.4 Å². The highest BCUT2D eigenvalue weighted by molar-refractivity contribution is 7.09. The molecule has 1 rings (SSSR count). The summed E-state index contributed by atoms with van der Waals surface area (Å²) in [6, 6.07) is 0. The molecule has 0 radical (unpaired) electrons. The molecule has 0 spiro atoms. The van der Waals surface area contributed by atoms with Gasteiger partial charge in [-0.15, -0.1) is 11.3 Å². The lowest BCUT2D eigenvalue weighted by Gasteiger charge is -2.32. The minimum Gasteiger partial charge on any atom is -0.338 e. The predicted molar refractivity (Wildman–Crippen MR) is 75.7 cm³/mol. The van der Waals surface area contributed by atoms with Gasteiger partial charge in [0.25, 0.3) is 0 Å². The number of thiazole rings is 1. The summed E-state index contributed by atoms with van der Waals surface area (Å²) < 4.78 is 37.5. The van der Waals surface area contributed by atoms with Gasteiger partial charge in [-0.2, -0.15) is 13.2 Å². The summed E-state index contributed by atoms with van der Waals surface area (Å²) >= 11 is 0.899. The minimum absolute atomic E-state index is 0.0569. The normalized spacial score (nSPS) is 12.5. The Kier molecular flexibility index (Phi) is 5.75. The van der Waals surface area contributed by atoms with Crippen LogP contribution >= 0.6 is 11.3 Å². The zero-order valence-corrected chi connectivity index (χ0v) is 13.1. The van der Waals surface area contributed by atoms with E-state index in [0.717, 1.165) is 16.7 Å². The molecule has 4 nitrogen and oxygen atoms in total. The second-order valence-corrected chi connectivity index (χ2v) is 5.92. The molecule has 8 heteroatoms. The maximum absolute atomic E-state index is 12.5. The number of carbonyl (C=O) groups is 1. The number of amides is 1. The summed E-state index contributed by atoms with van der Waals surface area (Å²) in [7, 11) is 1.56. The Labute approximate surface area is 126 Å². The van der Waals surface area contributed by atoms with Crippen molar-refractivity contribution in [1.82, 2.24) is 9.88 Å². The van der Waals surface area contributed by atoms with Crippen LogP contribution in [0.5, 0.6) is 0 Å². The fourth-order valence-electron chi connectivity index (χ4n) is 2.12. The molecule has 0 aromatic carbocycles. The summed E-state index contributed by atoms with van der Waals surface area (Å²) in [6.07, 6.45) is -3.27. The monoisotopic (exact) mass is 323 g/mol. The number of nitrogens with two attached hydrogens (primary N) is 1. The van der Waals surface area contributed by atoms with Crippen molar-refractivity contribution in [3.63, 3.8) is 0 Å². The first-order chi connectivity index (χ1) is 9.70. The molecule has 1 aromatic rings. The maximum atomic E-state index is 12.5. The molecule has 0 fully saturated rings. The van der Waals surface area contributed by atoms with Gasteiger partial charge in [0.1, 0.15) is 5.01 Å². The van der Waals surface area contributed by atoms with Crippen molar-refractivity contribution in [2.45, 2.75) is 39.4 Å². The summed E-state index contributed by atoms with van der Waals surface area (Å²) in [6.45, 7) is 4.04. The highest BCUT2D eigenvalue weighted by Crippen LogP contribution is 2.31. The standard InChI is InChI=1S/C13H20F3N3OS/c1-4-12(5-2,8-17)11(20)19(3)6-10-18-9(7-21-10)13(14,15)16/h7H,4-6,8,17H2,1-3H3. The molecular weight excluding hydrogens is 303 g/mol. The van der Waals surface area contributed by atoms with E-state index in [0.29, 0.717) is 12.8 Å². The first-order valence-electron chi connectivity index (χ1n) is 6.67. The molecule has 0 saturated heterocycles. The smallest absolute Gasteiger partial charge is 0.338 e. The molecular formula is C13H20F3N3OS. The third kappa shape index (κ3) is 3.94. The predicted octanol–water partition coefficient (Wildman–Crippen LogP) is 2.89. The number of rotatable bonds is 6. The van der Waals surface area contributed by atoms with Crippen molar-refractivity contribution in [2.24, 2.45) is 11.1 Å². The molecule has 0 unspecified atom stereocenters. The van der Waals surface area contributed by atoms with Crippen LogP contribution in [0.2, 0.25) is 0 Å². The SMILES string of the molecule is CCC(CC)(CN)C(=O)N(C)Cc1nc(C(F)(F)F)cs1. The molecule has 0 aliphatic heterocycles. The number of aromatic nitrogens is 1. The van der Waals surface area contributed by atoms with E-state index in [1.165, 1.54) is 4.90 Å². The van der Waals surface area contributed by atoms with Crippen molar-refractivity contribution in [3.05, 3.63) is 16.1 Å². The Morgan fingerprint density at radius 3 is 2.33 bits per heavy atom. The fraction of sp³-hybridized carbons (Fsp3) is 0.692. The van der Waals surface area contributed by atoms with Gasteiger partial charge in [-0.05, 0) is 12.8 Å². The number of hydrogen-bond acceptors (Lipinski definition) is 4. The average Bonchev–Trinajstić information content (AvgIpc) is 2.89. The second-order valence-electron chi connectivity index (χ2n) is 4.98. The van der Waals surface area contributed by atoms with E-state index in [2.05, 4.69) is 4.98 Å². The molecule has 1 heterocycles. The Balaban J connectivity index is 2.83. The molecule has 0 saturated carbocycles. The number of halogens is 3. The first kappa shape index (κ1) is 17.9. The van der Waals surface area contributed by atoms with Gasteiger partial charge in [0, 0.05) is 19.0 Å². The van der Waals surface area contributed by atoms with Crippen LogP contribution in [0.3, 0.4) is 0 Å². The molecule has 0 aliphatic carbocycles. The Hall–Kier alpha value is -1.15. The van der Waals surface area contributed by atoms with Gasteiger partial charge in [-0.25, -0.2) is 4.98 Å². The van der Waals surface area contributed by atoms with E-state index in [4.69, 9.17) is 5.73 Å². The second kappa shape index (κ2) is 6.74. The summed E-state index contributed by atoms with van der Waals surface area (Å²) in [5.74, 6) is -0.154. The third-order valence-corrected chi connectivity index (χ3v) is 4.59. The summed E-state index contributed by atoms with van der Waals surface area (Å²) in [5, 5.41) is 1.22. The molecule has 1 aromatic heterocycles. The van der Waals surface area contributed by atoms with Gasteiger partial charge in [-0.1, -0.05) is 13.8 Å². The number of carbonyl (C=O) groups excluding carboxylic acids is 1. The molecule has 0 bridgehead atoms. The number of alkyl halides is 3. The Bertz CT molecular complexity index is 475. The van der Waals surface area contributed by atoms with Gasteiger partial charge in [0.2, 0.25) is 5.91 Å². The van der Waals surface area contributed by atoms with Crippen LogP contribution in [0.25, 0.3) is 0 Å². The minimum atomic E-state index is -4.45. The van der Waals surface area contributed by atoms with E-state index in [1.807, 2.05) is 13.8 Å². The highest BCUT2D eigenvalue weighted by Gasteiger charge is 2.37. The van der Waals surface area contributed by atoms with Crippen molar-refractivity contribution in [2.75, 3.05) is 13.6 Å². The molecule has 0 aliphatic rings.